The summed E-state index contributed by atoms with van der Waals surface area (Å²) in [7, 11) is 0. The molecule has 1 amide bonds. The Morgan fingerprint density at radius 3 is 2.62 bits per heavy atom. The molecule has 0 bridgehead atoms. The van der Waals surface area contributed by atoms with Gasteiger partial charge in [-0.2, -0.15) is 0 Å². The second-order valence-electron chi connectivity index (χ2n) is 6.78. The molecule has 5 nitrogen and oxygen atoms in total. The standard InChI is InChI=1S/C19H25N3O2.2ClH/c1-19(13-20,15-10-11-15)22-17(23)8-5-9-18-21-12-16(24-18)14-6-3-2-4-7-14;;/h2-4,6-7,12,15H,5,8-11,13,20H2,1H3,(H,22,23);2*1H. The van der Waals surface area contributed by atoms with Gasteiger partial charge in [0.05, 0.1) is 11.7 Å². The molecule has 1 atom stereocenters. The molecule has 1 aliphatic carbocycles. The largest absolute Gasteiger partial charge is 0.441 e. The van der Waals surface area contributed by atoms with Crippen molar-refractivity contribution in [3.8, 4) is 11.3 Å². The zero-order valence-corrected chi connectivity index (χ0v) is 16.6. The van der Waals surface area contributed by atoms with Crippen molar-refractivity contribution >= 4 is 30.7 Å². The zero-order chi connectivity index (χ0) is 17.0. The zero-order valence-electron chi connectivity index (χ0n) is 14.9. The number of nitrogens with zero attached hydrogens (tertiary/aromatic N) is 1. The lowest BCUT2D eigenvalue weighted by molar-refractivity contribution is -0.123. The number of halogens is 2. The van der Waals surface area contributed by atoms with E-state index in [1.807, 2.05) is 37.3 Å². The van der Waals surface area contributed by atoms with Gasteiger partial charge in [0.1, 0.15) is 0 Å². The summed E-state index contributed by atoms with van der Waals surface area (Å²) in [5.41, 5.74) is 6.60. The normalized spacial score (nSPS) is 15.3. The third-order valence-corrected chi connectivity index (χ3v) is 4.73. The molecule has 0 saturated heterocycles. The van der Waals surface area contributed by atoms with Crippen LogP contribution in [0.3, 0.4) is 0 Å². The number of hydrogen-bond acceptors (Lipinski definition) is 4. The number of carbonyl (C=O) groups excluding carboxylic acids is 1. The molecule has 0 spiro atoms. The van der Waals surface area contributed by atoms with Crippen molar-refractivity contribution in [3.63, 3.8) is 0 Å². The lowest BCUT2D eigenvalue weighted by Gasteiger charge is -2.29. The van der Waals surface area contributed by atoms with Crippen LogP contribution in [0.2, 0.25) is 0 Å². The van der Waals surface area contributed by atoms with E-state index in [9.17, 15) is 4.79 Å². The van der Waals surface area contributed by atoms with Crippen LogP contribution in [-0.2, 0) is 11.2 Å². The maximum atomic E-state index is 12.1. The molecule has 0 aliphatic heterocycles. The Kier molecular flexibility index (Phi) is 8.60. The monoisotopic (exact) mass is 399 g/mol. The summed E-state index contributed by atoms with van der Waals surface area (Å²) in [5, 5.41) is 3.11. The maximum absolute atomic E-state index is 12.1. The molecular formula is C19H27Cl2N3O2. The van der Waals surface area contributed by atoms with Crippen LogP contribution in [0, 0.1) is 5.92 Å². The van der Waals surface area contributed by atoms with E-state index >= 15 is 0 Å². The fraction of sp³-hybridized carbons (Fsp3) is 0.474. The van der Waals surface area contributed by atoms with Crippen molar-refractivity contribution in [2.45, 2.75) is 44.6 Å². The van der Waals surface area contributed by atoms with E-state index in [1.54, 1.807) is 6.20 Å². The summed E-state index contributed by atoms with van der Waals surface area (Å²) in [6.45, 7) is 2.53. The van der Waals surface area contributed by atoms with Gasteiger partial charge in [0.2, 0.25) is 5.91 Å². The van der Waals surface area contributed by atoms with Crippen molar-refractivity contribution < 1.29 is 9.21 Å². The highest BCUT2D eigenvalue weighted by Gasteiger charge is 2.41. The van der Waals surface area contributed by atoms with Crippen LogP contribution in [0.5, 0.6) is 0 Å². The van der Waals surface area contributed by atoms with E-state index in [2.05, 4.69) is 10.3 Å². The number of nitrogens with one attached hydrogen (secondary N) is 1. The molecule has 26 heavy (non-hydrogen) atoms. The molecule has 3 N–H and O–H groups in total. The summed E-state index contributed by atoms with van der Waals surface area (Å²) in [6.07, 6.45) is 5.89. The Hall–Kier alpha value is -1.56. The predicted molar refractivity (Wildman–Crippen MR) is 108 cm³/mol. The highest BCUT2D eigenvalue weighted by atomic mass is 35.5. The van der Waals surface area contributed by atoms with Gasteiger partial charge in [0, 0.05) is 24.9 Å². The Balaban J connectivity index is 0.00000169. The molecule has 2 aromatic rings. The minimum absolute atomic E-state index is 0. The van der Waals surface area contributed by atoms with Crippen molar-refractivity contribution in [2.24, 2.45) is 11.7 Å². The van der Waals surface area contributed by atoms with Crippen molar-refractivity contribution in [3.05, 3.63) is 42.4 Å². The second-order valence-corrected chi connectivity index (χ2v) is 6.78. The third kappa shape index (κ3) is 5.73. The van der Waals surface area contributed by atoms with Crippen molar-refractivity contribution in [2.75, 3.05) is 6.54 Å². The van der Waals surface area contributed by atoms with Crippen molar-refractivity contribution in [1.82, 2.24) is 10.3 Å². The van der Waals surface area contributed by atoms with E-state index in [4.69, 9.17) is 10.2 Å². The van der Waals surface area contributed by atoms with Gasteiger partial charge in [-0.3, -0.25) is 4.79 Å². The van der Waals surface area contributed by atoms with Gasteiger partial charge in [-0.15, -0.1) is 24.8 Å². The minimum Gasteiger partial charge on any atom is -0.441 e. The first-order valence-corrected chi connectivity index (χ1v) is 8.62. The first-order valence-electron chi connectivity index (χ1n) is 8.62. The van der Waals surface area contributed by atoms with E-state index in [-0.39, 0.29) is 36.3 Å². The van der Waals surface area contributed by atoms with Gasteiger partial charge in [0.15, 0.2) is 11.7 Å². The molecular weight excluding hydrogens is 373 g/mol. The summed E-state index contributed by atoms with van der Waals surface area (Å²) < 4.78 is 5.76. The Bertz CT molecular complexity index is 689. The summed E-state index contributed by atoms with van der Waals surface area (Å²) >= 11 is 0. The Labute approximate surface area is 167 Å². The summed E-state index contributed by atoms with van der Waals surface area (Å²) in [6, 6.07) is 9.88. The van der Waals surface area contributed by atoms with Crippen LogP contribution in [0.4, 0.5) is 0 Å². The van der Waals surface area contributed by atoms with Crippen LogP contribution in [0.15, 0.2) is 40.9 Å². The molecule has 1 aromatic carbocycles. The van der Waals surface area contributed by atoms with Gasteiger partial charge < -0.3 is 15.5 Å². The number of carbonyl (C=O) groups is 1. The van der Waals surface area contributed by atoms with Crippen LogP contribution in [0.25, 0.3) is 11.3 Å². The quantitative estimate of drug-likeness (QED) is 0.707. The Morgan fingerprint density at radius 1 is 1.31 bits per heavy atom. The highest BCUT2D eigenvalue weighted by molar-refractivity contribution is 5.85. The van der Waals surface area contributed by atoms with Gasteiger partial charge in [-0.25, -0.2) is 4.98 Å². The van der Waals surface area contributed by atoms with Crippen LogP contribution < -0.4 is 11.1 Å². The van der Waals surface area contributed by atoms with Gasteiger partial charge >= 0.3 is 0 Å². The molecule has 1 fully saturated rings. The molecule has 1 saturated carbocycles. The van der Waals surface area contributed by atoms with Crippen LogP contribution in [0.1, 0.15) is 38.5 Å². The predicted octanol–water partition coefficient (Wildman–Crippen LogP) is 3.75. The summed E-state index contributed by atoms with van der Waals surface area (Å²) in [5.74, 6) is 2.03. The van der Waals surface area contributed by atoms with Crippen molar-refractivity contribution in [1.29, 1.82) is 0 Å². The van der Waals surface area contributed by atoms with E-state index in [1.165, 1.54) is 0 Å². The van der Waals surface area contributed by atoms with E-state index in [0.717, 1.165) is 24.2 Å². The van der Waals surface area contributed by atoms with E-state index in [0.29, 0.717) is 37.6 Å². The number of rotatable bonds is 8. The number of aromatic nitrogens is 1. The molecule has 144 valence electrons. The summed E-state index contributed by atoms with van der Waals surface area (Å²) in [4.78, 5) is 16.4. The minimum atomic E-state index is -0.250. The SMILES string of the molecule is CC(CN)(NC(=O)CCCc1ncc(-c2ccccc2)o1)C1CC1.Cl.Cl. The molecule has 1 heterocycles. The fourth-order valence-corrected chi connectivity index (χ4v) is 2.98. The van der Waals surface area contributed by atoms with Crippen LogP contribution >= 0.6 is 24.8 Å². The average molecular weight is 400 g/mol. The van der Waals surface area contributed by atoms with Gasteiger partial charge in [-0.05, 0) is 32.1 Å². The number of hydrogen-bond donors (Lipinski definition) is 2. The number of nitrogens with two attached hydrogens (primary N) is 1. The average Bonchev–Trinajstić information content (AvgIpc) is 3.36. The van der Waals surface area contributed by atoms with E-state index < -0.39 is 0 Å². The molecule has 1 aromatic heterocycles. The number of aryl methyl sites for hydroxylation is 1. The molecule has 1 unspecified atom stereocenters. The maximum Gasteiger partial charge on any atom is 0.220 e. The third-order valence-electron chi connectivity index (χ3n) is 4.73. The fourth-order valence-electron chi connectivity index (χ4n) is 2.98. The van der Waals surface area contributed by atoms with Gasteiger partial charge in [-0.1, -0.05) is 30.3 Å². The lowest BCUT2D eigenvalue weighted by Crippen LogP contribution is -2.53. The first kappa shape index (κ1) is 22.5. The second kappa shape index (κ2) is 9.95. The highest BCUT2D eigenvalue weighted by Crippen LogP contribution is 2.39. The molecule has 0 radical (unpaired) electrons. The lowest BCUT2D eigenvalue weighted by atomic mass is 9.95. The smallest absolute Gasteiger partial charge is 0.220 e. The molecule has 3 rings (SSSR count). The number of oxazole rings is 1. The topological polar surface area (TPSA) is 81.1 Å². The Morgan fingerprint density at radius 2 is 2.00 bits per heavy atom. The first-order chi connectivity index (χ1) is 11.6. The molecule has 1 aliphatic rings. The van der Waals surface area contributed by atoms with Crippen LogP contribution in [-0.4, -0.2) is 23.0 Å². The van der Waals surface area contributed by atoms with Gasteiger partial charge in [0.25, 0.3) is 0 Å². The number of benzene rings is 1. The number of amides is 1. The molecule has 7 heteroatoms.